The van der Waals surface area contributed by atoms with Crippen molar-refractivity contribution in [2.45, 2.75) is 96.4 Å². The first kappa shape index (κ1) is 42.8. The Kier molecular flexibility index (Phi) is 13.2. The van der Waals surface area contributed by atoms with Crippen molar-refractivity contribution in [1.29, 1.82) is 0 Å². The zero-order chi connectivity index (χ0) is 41.3. The minimum atomic E-state index is -0.917. The molecule has 0 aromatic heterocycles. The fourth-order valence-electron chi connectivity index (χ4n) is 9.94. The normalized spacial score (nSPS) is 28.2. The predicted octanol–water partition coefficient (Wildman–Crippen LogP) is 4.39. The highest BCUT2D eigenvalue weighted by atomic mass is 16.7. The number of aliphatic hydroxyl groups excluding tert-OH is 3. The smallest absolute Gasteiger partial charge is 0.251 e. The number of methoxy groups -OCH3 is 1. The number of fused-ring (bicyclic) bond motifs is 2. The van der Waals surface area contributed by atoms with Crippen LogP contribution in [0.15, 0.2) is 60.2 Å². The number of likely N-dealkylation sites (N-methyl/N-ethyl adjacent to an activating group) is 1. The highest BCUT2D eigenvalue weighted by Crippen LogP contribution is 2.61. The molecule has 2 aromatic rings. The van der Waals surface area contributed by atoms with E-state index in [9.17, 15) is 24.9 Å². The number of carbonyl (C=O) groups is 2. The Morgan fingerprint density at radius 3 is 2.44 bits per heavy atom. The third-order valence-corrected chi connectivity index (χ3v) is 13.3. The highest BCUT2D eigenvalue weighted by molar-refractivity contribution is 5.97. The molecule has 3 saturated carbocycles. The van der Waals surface area contributed by atoms with E-state index in [1.54, 1.807) is 19.1 Å². The summed E-state index contributed by atoms with van der Waals surface area (Å²) in [6, 6.07) is 10.0. The number of hydrogen-bond acceptors (Lipinski definition) is 10. The number of nitrogens with zero attached hydrogens (tertiary/aromatic N) is 3. The van der Waals surface area contributed by atoms with E-state index in [0.29, 0.717) is 35.6 Å². The minimum Gasteiger partial charge on any atom is -0.496 e. The molecule has 5 aliphatic rings. The third-order valence-electron chi connectivity index (χ3n) is 13.3. The zero-order valence-corrected chi connectivity index (χ0v) is 35.2. The lowest BCUT2D eigenvalue weighted by Gasteiger charge is -2.62. The van der Waals surface area contributed by atoms with Gasteiger partial charge in [-0.25, -0.2) is 0 Å². The summed E-state index contributed by atoms with van der Waals surface area (Å²) in [4.78, 5) is 38.5. The first-order valence-corrected chi connectivity index (χ1v) is 20.6. The van der Waals surface area contributed by atoms with Crippen molar-refractivity contribution in [3.05, 3.63) is 71.3 Å². The summed E-state index contributed by atoms with van der Waals surface area (Å²) in [5.74, 6) is 0.780. The zero-order valence-electron chi connectivity index (χ0n) is 35.2. The Morgan fingerprint density at radius 2 is 1.84 bits per heavy atom. The van der Waals surface area contributed by atoms with Crippen LogP contribution in [0.1, 0.15) is 69.3 Å². The predicted molar refractivity (Wildman–Crippen MR) is 223 cm³/mol. The Morgan fingerprint density at radius 1 is 1.09 bits per heavy atom. The van der Waals surface area contributed by atoms with Crippen LogP contribution in [0.3, 0.4) is 0 Å². The summed E-state index contributed by atoms with van der Waals surface area (Å²) in [5, 5.41) is 40.8. The first-order chi connectivity index (χ1) is 27.0. The van der Waals surface area contributed by atoms with Crippen LogP contribution in [0.25, 0.3) is 11.1 Å². The molecule has 5 N–H and O–H groups in total. The minimum absolute atomic E-state index is 0.0230. The molecule has 0 radical (unpaired) electrons. The van der Waals surface area contributed by atoms with Crippen LogP contribution < -0.4 is 20.3 Å². The summed E-state index contributed by atoms with van der Waals surface area (Å²) in [5.41, 5.74) is 4.51. The Hall–Kier alpha value is -3.78. The molecular formula is C45H65N5O7. The lowest BCUT2D eigenvalue weighted by atomic mass is 9.45. The van der Waals surface area contributed by atoms with Crippen LogP contribution in [-0.4, -0.2) is 122 Å². The number of anilines is 1. The van der Waals surface area contributed by atoms with E-state index < -0.39 is 36.3 Å². The maximum Gasteiger partial charge on any atom is 0.251 e. The molecule has 7 rings (SSSR count). The number of para-hydroxylation sites is 1. The van der Waals surface area contributed by atoms with E-state index in [1.807, 2.05) is 92.6 Å². The van der Waals surface area contributed by atoms with Crippen molar-refractivity contribution in [2.75, 3.05) is 53.4 Å². The molecular weight excluding hydrogens is 723 g/mol. The molecule has 1 aliphatic heterocycles. The molecule has 1 heterocycles. The maximum absolute atomic E-state index is 14.3. The van der Waals surface area contributed by atoms with E-state index in [-0.39, 0.29) is 36.4 Å². The number of carbonyl (C=O) groups excluding carboxylic acids is 2. The topological polar surface area (TPSA) is 147 Å². The largest absolute Gasteiger partial charge is 0.496 e. The molecule has 0 spiro atoms. The van der Waals surface area contributed by atoms with Crippen molar-refractivity contribution in [3.63, 3.8) is 0 Å². The van der Waals surface area contributed by atoms with E-state index in [1.165, 1.54) is 6.42 Å². The highest BCUT2D eigenvalue weighted by Gasteiger charge is 2.57. The molecule has 10 atom stereocenters. The van der Waals surface area contributed by atoms with Crippen molar-refractivity contribution in [1.82, 2.24) is 20.6 Å². The Labute approximate surface area is 338 Å². The van der Waals surface area contributed by atoms with Crippen LogP contribution in [0.4, 0.5) is 5.69 Å². The number of rotatable bonds is 15. The standard InChI is InChI=1S/C45H65N5O7/c1-26-35-21-32(45(35,3)4)22-36(26)46-44(55)40-39(27(2)52)38(25-51)57-50(40)23-29-16-13-17-34(42(29)56-9)30-18-31(20-33(19-30)49(7)8)43(54)47-37(24-48(5)6)41(53)28-14-11-10-12-15-28/h11,13-20,26-27,32,35-41,51-53H,10,12,21-25H2,1-9H3,(H,46,55)(H,47,54)/t26-,27-,32+,35-,36-,37+,38-,39+,40-,41+/m0/s1. The van der Waals surface area contributed by atoms with Crippen LogP contribution in [0.5, 0.6) is 5.75 Å². The average molecular weight is 788 g/mol. The van der Waals surface area contributed by atoms with Gasteiger partial charge >= 0.3 is 0 Å². The van der Waals surface area contributed by atoms with Crippen molar-refractivity contribution >= 4 is 17.5 Å². The van der Waals surface area contributed by atoms with Crippen LogP contribution in [-0.2, 0) is 16.2 Å². The van der Waals surface area contributed by atoms with Gasteiger partial charge in [0.2, 0.25) is 5.91 Å². The number of nitrogens with one attached hydrogen (secondary N) is 2. The number of hydrogen-bond donors (Lipinski definition) is 5. The van der Waals surface area contributed by atoms with Crippen molar-refractivity contribution < 1.29 is 34.5 Å². The van der Waals surface area contributed by atoms with Crippen LogP contribution >= 0.6 is 0 Å². The molecule has 12 heteroatoms. The van der Waals surface area contributed by atoms with Gasteiger partial charge in [0.1, 0.15) is 24.0 Å². The monoisotopic (exact) mass is 787 g/mol. The Bertz CT molecular complexity index is 1820. The molecule has 1 saturated heterocycles. The first-order valence-electron chi connectivity index (χ1n) is 20.6. The van der Waals surface area contributed by atoms with Gasteiger partial charge in [-0.1, -0.05) is 57.2 Å². The van der Waals surface area contributed by atoms with Gasteiger partial charge in [-0.2, -0.15) is 5.06 Å². The fourth-order valence-corrected chi connectivity index (χ4v) is 9.94. The number of ether oxygens (including phenoxy) is 1. The third kappa shape index (κ3) is 8.82. The quantitative estimate of drug-likeness (QED) is 0.176. The number of aliphatic hydroxyl groups is 3. The van der Waals surface area contributed by atoms with Crippen molar-refractivity contribution in [2.24, 2.45) is 29.1 Å². The van der Waals surface area contributed by atoms with E-state index in [0.717, 1.165) is 47.2 Å². The fraction of sp³-hybridized carbons (Fsp3) is 0.600. The molecule has 2 bridgehead atoms. The molecule has 0 unspecified atom stereocenters. The summed E-state index contributed by atoms with van der Waals surface area (Å²) in [6.07, 6.45) is 7.33. The molecule has 4 fully saturated rings. The summed E-state index contributed by atoms with van der Waals surface area (Å²) < 4.78 is 6.10. The summed E-state index contributed by atoms with van der Waals surface area (Å²) in [6.45, 7) is 8.76. The van der Waals surface area contributed by atoms with E-state index >= 15 is 0 Å². The van der Waals surface area contributed by atoms with Crippen LogP contribution in [0.2, 0.25) is 0 Å². The van der Waals surface area contributed by atoms with Gasteiger partial charge in [-0.3, -0.25) is 14.4 Å². The SMILES string of the molecule is COc1c(CN2O[C@@H](CO)[C@@H]([C@H](C)O)[C@H]2C(=O)N[C@H]2C[C@H]3C[C@@H]([C@@H]2C)C3(C)C)cccc1-c1cc(C(=O)N[C@H](CN(C)C)[C@H](O)C2=CCCC=C2)cc(N(C)C)c1. The van der Waals surface area contributed by atoms with Gasteiger partial charge in [0.25, 0.3) is 5.91 Å². The summed E-state index contributed by atoms with van der Waals surface area (Å²) >= 11 is 0. The molecule has 312 valence electrons. The lowest BCUT2D eigenvalue weighted by molar-refractivity contribution is -0.183. The van der Waals surface area contributed by atoms with Gasteiger partial charge in [-0.05, 0) is 99.2 Å². The van der Waals surface area contributed by atoms with Gasteiger partial charge in [-0.15, -0.1) is 0 Å². The molecule has 2 amide bonds. The van der Waals surface area contributed by atoms with E-state index in [2.05, 4.69) is 31.4 Å². The van der Waals surface area contributed by atoms with Gasteiger partial charge in [0, 0.05) is 55.0 Å². The number of allylic oxidation sites excluding steroid dienone is 2. The van der Waals surface area contributed by atoms with Crippen LogP contribution in [0, 0.1) is 29.1 Å². The maximum atomic E-state index is 14.3. The number of amides is 2. The summed E-state index contributed by atoms with van der Waals surface area (Å²) in [7, 11) is 9.25. The molecule has 12 nitrogen and oxygen atoms in total. The second-order valence-electron chi connectivity index (χ2n) is 17.9. The second-order valence-corrected chi connectivity index (χ2v) is 17.9. The van der Waals surface area contributed by atoms with E-state index in [4.69, 9.17) is 9.57 Å². The molecule has 57 heavy (non-hydrogen) atoms. The number of benzene rings is 2. The number of hydroxylamine groups is 2. The average Bonchev–Trinajstić information content (AvgIpc) is 3.56. The molecule has 2 aromatic carbocycles. The van der Waals surface area contributed by atoms with Gasteiger partial charge in [0.05, 0.1) is 32.4 Å². The lowest BCUT2D eigenvalue weighted by Crippen LogP contribution is -2.62. The van der Waals surface area contributed by atoms with Crippen molar-refractivity contribution in [3.8, 4) is 16.9 Å². The van der Waals surface area contributed by atoms with Gasteiger partial charge < -0.3 is 40.5 Å². The molecule has 4 aliphatic carbocycles. The Balaban J connectivity index is 1.29. The second kappa shape index (κ2) is 17.6. The van der Waals surface area contributed by atoms with Gasteiger partial charge in [0.15, 0.2) is 0 Å².